The van der Waals surface area contributed by atoms with Crippen LogP contribution in [0.3, 0.4) is 0 Å². The van der Waals surface area contributed by atoms with Crippen LogP contribution in [0, 0.1) is 0 Å². The van der Waals surface area contributed by atoms with Crippen molar-refractivity contribution in [2.45, 2.75) is 0 Å². The van der Waals surface area contributed by atoms with E-state index in [1.807, 2.05) is 0 Å². The zero-order valence-electron chi connectivity index (χ0n) is 23.2. The minimum absolute atomic E-state index is 1.06. The minimum atomic E-state index is 1.06. The average molecular weight is 539 g/mol. The van der Waals surface area contributed by atoms with Crippen molar-refractivity contribution in [2.24, 2.45) is 0 Å². The molecule has 7 rings (SSSR count). The van der Waals surface area contributed by atoms with Crippen molar-refractivity contribution in [3.63, 3.8) is 0 Å². The Bertz CT molecular complexity index is 1880. The lowest BCUT2D eigenvalue weighted by Gasteiger charge is -2.25. The van der Waals surface area contributed by atoms with Crippen LogP contribution in [0.5, 0.6) is 0 Å². The highest BCUT2D eigenvalue weighted by molar-refractivity contribution is 6.00. The molecule has 1 N–H and O–H groups in total. The molecule has 7 aromatic carbocycles. The molecule has 0 spiro atoms. The Morgan fingerprint density at radius 1 is 0.357 bits per heavy atom. The lowest BCUT2D eigenvalue weighted by Crippen LogP contribution is -2.09. The summed E-state index contributed by atoms with van der Waals surface area (Å²) in [5, 5.41) is 6.17. The topological polar surface area (TPSA) is 15.3 Å². The van der Waals surface area contributed by atoms with E-state index in [0.717, 1.165) is 28.4 Å². The molecular formula is C40H30N2. The van der Waals surface area contributed by atoms with Gasteiger partial charge in [0.1, 0.15) is 0 Å². The maximum atomic E-state index is 3.67. The fourth-order valence-electron chi connectivity index (χ4n) is 5.59. The van der Waals surface area contributed by atoms with Crippen LogP contribution >= 0.6 is 0 Å². The van der Waals surface area contributed by atoms with Crippen molar-refractivity contribution < 1.29 is 0 Å². The Labute approximate surface area is 247 Å². The zero-order valence-corrected chi connectivity index (χ0v) is 23.2. The molecule has 0 bridgehead atoms. The van der Waals surface area contributed by atoms with E-state index in [1.165, 1.54) is 33.0 Å². The molecule has 0 heterocycles. The molecule has 0 aromatic heterocycles. The number of benzene rings is 7. The summed E-state index contributed by atoms with van der Waals surface area (Å²) in [5.74, 6) is 0. The van der Waals surface area contributed by atoms with Gasteiger partial charge in [0.25, 0.3) is 0 Å². The summed E-state index contributed by atoms with van der Waals surface area (Å²) in [6.07, 6.45) is 0. The van der Waals surface area contributed by atoms with Gasteiger partial charge in [-0.05, 0) is 82.1 Å². The number of anilines is 5. The van der Waals surface area contributed by atoms with E-state index in [0.29, 0.717) is 0 Å². The average Bonchev–Trinajstić information content (AvgIpc) is 3.07. The van der Waals surface area contributed by atoms with Gasteiger partial charge in [-0.1, -0.05) is 121 Å². The van der Waals surface area contributed by atoms with Gasteiger partial charge in [0.05, 0.1) is 0 Å². The molecule has 0 fully saturated rings. The summed E-state index contributed by atoms with van der Waals surface area (Å²) >= 11 is 0. The first-order valence-electron chi connectivity index (χ1n) is 14.3. The van der Waals surface area contributed by atoms with E-state index in [2.05, 4.69) is 186 Å². The van der Waals surface area contributed by atoms with Crippen LogP contribution in [0.1, 0.15) is 0 Å². The van der Waals surface area contributed by atoms with Gasteiger partial charge >= 0.3 is 0 Å². The number of nitrogens with zero attached hydrogens (tertiary/aromatic N) is 1. The van der Waals surface area contributed by atoms with Crippen LogP contribution in [0.25, 0.3) is 33.0 Å². The Kier molecular flexibility index (Phi) is 6.94. The fourth-order valence-corrected chi connectivity index (χ4v) is 5.59. The van der Waals surface area contributed by atoms with Gasteiger partial charge in [0.15, 0.2) is 0 Å². The highest BCUT2D eigenvalue weighted by Crippen LogP contribution is 2.37. The summed E-state index contributed by atoms with van der Waals surface area (Å²) in [6.45, 7) is 0. The highest BCUT2D eigenvalue weighted by atomic mass is 15.1. The van der Waals surface area contributed by atoms with E-state index in [9.17, 15) is 0 Å². The van der Waals surface area contributed by atoms with E-state index >= 15 is 0 Å². The SMILES string of the molecule is c1ccc(N(c2ccccc2)c2ccc(-c3ccc(Nc4ccccc4-c4cccc5ccccc45)cc3)cc2)cc1. The van der Waals surface area contributed by atoms with Gasteiger partial charge in [-0.15, -0.1) is 0 Å². The number of hydrogen-bond donors (Lipinski definition) is 1. The summed E-state index contributed by atoms with van der Waals surface area (Å²) in [6, 6.07) is 62.1. The van der Waals surface area contributed by atoms with Crippen molar-refractivity contribution in [1.82, 2.24) is 0 Å². The second-order valence-electron chi connectivity index (χ2n) is 10.3. The monoisotopic (exact) mass is 538 g/mol. The minimum Gasteiger partial charge on any atom is -0.355 e. The number of fused-ring (bicyclic) bond motifs is 1. The van der Waals surface area contributed by atoms with Gasteiger partial charge in [0.2, 0.25) is 0 Å². The first kappa shape index (κ1) is 25.4. The normalized spacial score (nSPS) is 10.9. The number of hydrogen-bond acceptors (Lipinski definition) is 2. The molecule has 42 heavy (non-hydrogen) atoms. The Morgan fingerprint density at radius 2 is 0.857 bits per heavy atom. The third kappa shape index (κ3) is 5.14. The van der Waals surface area contributed by atoms with E-state index in [-0.39, 0.29) is 0 Å². The Morgan fingerprint density at radius 3 is 1.55 bits per heavy atom. The third-order valence-corrected chi connectivity index (χ3v) is 7.66. The van der Waals surface area contributed by atoms with E-state index < -0.39 is 0 Å². The Balaban J connectivity index is 1.14. The van der Waals surface area contributed by atoms with Crippen LogP contribution < -0.4 is 10.2 Å². The summed E-state index contributed by atoms with van der Waals surface area (Å²) in [5.41, 5.74) is 10.3. The van der Waals surface area contributed by atoms with Gasteiger partial charge in [-0.25, -0.2) is 0 Å². The fraction of sp³-hybridized carbons (Fsp3) is 0. The highest BCUT2D eigenvalue weighted by Gasteiger charge is 2.12. The quantitative estimate of drug-likeness (QED) is 0.217. The van der Waals surface area contributed by atoms with Crippen LogP contribution in [0.2, 0.25) is 0 Å². The first-order valence-corrected chi connectivity index (χ1v) is 14.3. The molecule has 2 nitrogen and oxygen atoms in total. The molecule has 2 heteroatoms. The van der Waals surface area contributed by atoms with Gasteiger partial charge in [-0.3, -0.25) is 0 Å². The predicted octanol–water partition coefficient (Wildman–Crippen LogP) is 11.4. The molecule has 0 saturated carbocycles. The van der Waals surface area contributed by atoms with Crippen molar-refractivity contribution >= 4 is 39.2 Å². The van der Waals surface area contributed by atoms with Crippen molar-refractivity contribution in [2.75, 3.05) is 10.2 Å². The molecule has 200 valence electrons. The standard InChI is InChI=1S/C40H30N2/c1-3-14-34(15-4-1)42(35-16-5-2-6-17-35)36-28-24-31(25-29-36)30-22-26-33(27-23-30)41-40-21-10-9-19-39(40)38-20-11-13-32-12-7-8-18-37(32)38/h1-29,41H. The largest absolute Gasteiger partial charge is 0.355 e. The van der Waals surface area contributed by atoms with Crippen molar-refractivity contribution in [1.29, 1.82) is 0 Å². The second kappa shape index (κ2) is 11.5. The molecule has 0 amide bonds. The molecule has 0 aliphatic rings. The molecule has 0 unspecified atom stereocenters. The molecular weight excluding hydrogens is 508 g/mol. The first-order chi connectivity index (χ1) is 20.8. The van der Waals surface area contributed by atoms with Gasteiger partial charge < -0.3 is 10.2 Å². The number of nitrogens with one attached hydrogen (secondary N) is 1. The lowest BCUT2D eigenvalue weighted by molar-refractivity contribution is 1.28. The second-order valence-corrected chi connectivity index (χ2v) is 10.3. The predicted molar refractivity (Wildman–Crippen MR) is 179 cm³/mol. The zero-order chi connectivity index (χ0) is 28.1. The van der Waals surface area contributed by atoms with E-state index in [1.54, 1.807) is 0 Å². The third-order valence-electron chi connectivity index (χ3n) is 7.66. The van der Waals surface area contributed by atoms with Crippen molar-refractivity contribution in [3.8, 4) is 22.3 Å². The number of para-hydroxylation sites is 3. The molecule has 0 radical (unpaired) electrons. The summed E-state index contributed by atoms with van der Waals surface area (Å²) in [4.78, 5) is 2.28. The molecule has 0 aliphatic heterocycles. The van der Waals surface area contributed by atoms with Crippen molar-refractivity contribution in [3.05, 3.63) is 176 Å². The molecule has 7 aromatic rings. The van der Waals surface area contributed by atoms with Crippen LogP contribution in [-0.4, -0.2) is 0 Å². The van der Waals surface area contributed by atoms with E-state index in [4.69, 9.17) is 0 Å². The van der Waals surface area contributed by atoms with Crippen LogP contribution in [-0.2, 0) is 0 Å². The molecule has 0 aliphatic carbocycles. The van der Waals surface area contributed by atoms with Gasteiger partial charge in [-0.2, -0.15) is 0 Å². The van der Waals surface area contributed by atoms with Crippen LogP contribution in [0.4, 0.5) is 28.4 Å². The summed E-state index contributed by atoms with van der Waals surface area (Å²) in [7, 11) is 0. The lowest BCUT2D eigenvalue weighted by atomic mass is 9.97. The Hall–Kier alpha value is -5.60. The molecule has 0 atom stereocenters. The summed E-state index contributed by atoms with van der Waals surface area (Å²) < 4.78 is 0. The van der Waals surface area contributed by atoms with Crippen LogP contribution in [0.15, 0.2) is 176 Å². The maximum Gasteiger partial charge on any atom is 0.0464 e. The smallest absolute Gasteiger partial charge is 0.0464 e. The molecule has 0 saturated heterocycles. The maximum absolute atomic E-state index is 3.67. The van der Waals surface area contributed by atoms with Gasteiger partial charge in [0, 0.05) is 34.0 Å². The number of rotatable bonds is 7.